The molecule has 0 spiro atoms. The zero-order chi connectivity index (χ0) is 18.5. The van der Waals surface area contributed by atoms with Gasteiger partial charge in [-0.1, -0.05) is 0 Å². The Labute approximate surface area is 152 Å². The maximum absolute atomic E-state index is 12.0. The fraction of sp³-hybridized carbons (Fsp3) is 0.250. The molecule has 3 rings (SSSR count). The highest BCUT2D eigenvalue weighted by Gasteiger charge is 2.15. The number of nitrogens with one attached hydrogen (secondary N) is 2. The molecule has 1 fully saturated rings. The van der Waals surface area contributed by atoms with Crippen molar-refractivity contribution in [2.75, 3.05) is 28.6 Å². The zero-order valence-electron chi connectivity index (χ0n) is 14.6. The molecular formula is C20H21N3O3. The van der Waals surface area contributed by atoms with Gasteiger partial charge in [0.1, 0.15) is 0 Å². The van der Waals surface area contributed by atoms with Crippen LogP contribution in [0.1, 0.15) is 30.1 Å². The quantitative estimate of drug-likeness (QED) is 0.655. The Kier molecular flexibility index (Phi) is 5.31. The van der Waals surface area contributed by atoms with Gasteiger partial charge in [-0.3, -0.25) is 14.4 Å². The van der Waals surface area contributed by atoms with Crippen molar-refractivity contribution in [3.05, 3.63) is 54.1 Å². The van der Waals surface area contributed by atoms with Gasteiger partial charge in [-0.05, 0) is 68.3 Å². The van der Waals surface area contributed by atoms with Gasteiger partial charge in [0, 0.05) is 35.7 Å². The molecule has 1 saturated heterocycles. The van der Waals surface area contributed by atoms with Crippen molar-refractivity contribution in [2.24, 2.45) is 0 Å². The van der Waals surface area contributed by atoms with E-state index >= 15 is 0 Å². The number of rotatable bonds is 4. The molecule has 1 aliphatic rings. The molecule has 134 valence electrons. The van der Waals surface area contributed by atoms with Crippen molar-refractivity contribution < 1.29 is 14.4 Å². The Morgan fingerprint density at radius 1 is 0.769 bits per heavy atom. The fourth-order valence-corrected chi connectivity index (χ4v) is 2.89. The summed E-state index contributed by atoms with van der Waals surface area (Å²) in [6, 6.07) is 13.9. The molecule has 2 N–H and O–H groups in total. The van der Waals surface area contributed by atoms with E-state index in [-0.39, 0.29) is 5.78 Å². The summed E-state index contributed by atoms with van der Waals surface area (Å²) in [5.41, 5.74) is 2.70. The van der Waals surface area contributed by atoms with Crippen LogP contribution in [0.5, 0.6) is 0 Å². The number of anilines is 3. The predicted octanol–water partition coefficient (Wildman–Crippen LogP) is 3.07. The van der Waals surface area contributed by atoms with Crippen LogP contribution >= 0.6 is 0 Å². The molecule has 0 aromatic heterocycles. The Morgan fingerprint density at radius 2 is 1.23 bits per heavy atom. The third kappa shape index (κ3) is 4.27. The van der Waals surface area contributed by atoms with Gasteiger partial charge in [0.2, 0.25) is 0 Å². The minimum absolute atomic E-state index is 0.0574. The minimum Gasteiger partial charge on any atom is -0.372 e. The number of ketones is 1. The van der Waals surface area contributed by atoms with Crippen molar-refractivity contribution in [2.45, 2.75) is 19.8 Å². The van der Waals surface area contributed by atoms with E-state index in [9.17, 15) is 14.4 Å². The summed E-state index contributed by atoms with van der Waals surface area (Å²) in [7, 11) is 0. The molecule has 1 aliphatic heterocycles. The maximum atomic E-state index is 12.0. The van der Waals surface area contributed by atoms with E-state index in [1.165, 1.54) is 19.8 Å². The summed E-state index contributed by atoms with van der Waals surface area (Å²) in [6.45, 7) is 3.57. The molecule has 0 unspecified atom stereocenters. The van der Waals surface area contributed by atoms with Crippen LogP contribution in [-0.2, 0) is 9.59 Å². The predicted molar refractivity (Wildman–Crippen MR) is 102 cm³/mol. The second-order valence-corrected chi connectivity index (χ2v) is 6.28. The molecule has 1 heterocycles. The van der Waals surface area contributed by atoms with Gasteiger partial charge in [-0.25, -0.2) is 0 Å². The maximum Gasteiger partial charge on any atom is 0.314 e. The molecular weight excluding hydrogens is 330 g/mol. The summed E-state index contributed by atoms with van der Waals surface area (Å²) >= 11 is 0. The second kappa shape index (κ2) is 7.82. The molecule has 2 amide bonds. The van der Waals surface area contributed by atoms with E-state index in [0.29, 0.717) is 16.9 Å². The normalized spacial score (nSPS) is 13.3. The van der Waals surface area contributed by atoms with E-state index < -0.39 is 11.8 Å². The van der Waals surface area contributed by atoms with Crippen molar-refractivity contribution in [3.8, 4) is 0 Å². The molecule has 2 aromatic rings. The lowest BCUT2D eigenvalue weighted by molar-refractivity contribution is -0.132. The lowest BCUT2D eigenvalue weighted by atomic mass is 10.1. The van der Waals surface area contributed by atoms with Crippen LogP contribution in [0.4, 0.5) is 17.1 Å². The number of amides is 2. The summed E-state index contributed by atoms with van der Waals surface area (Å²) in [4.78, 5) is 37.6. The van der Waals surface area contributed by atoms with Gasteiger partial charge in [-0.2, -0.15) is 0 Å². The minimum atomic E-state index is -0.760. The molecule has 0 saturated carbocycles. The highest BCUT2D eigenvalue weighted by atomic mass is 16.2. The third-order valence-corrected chi connectivity index (χ3v) is 4.35. The average Bonchev–Trinajstić information content (AvgIpc) is 3.17. The van der Waals surface area contributed by atoms with Crippen molar-refractivity contribution >= 4 is 34.7 Å². The second-order valence-electron chi connectivity index (χ2n) is 6.28. The SMILES string of the molecule is CC(=O)c1ccc(NC(=O)C(=O)Nc2ccc(N3CCCC3)cc2)cc1. The third-order valence-electron chi connectivity index (χ3n) is 4.35. The zero-order valence-corrected chi connectivity index (χ0v) is 14.6. The fourth-order valence-electron chi connectivity index (χ4n) is 2.89. The first-order chi connectivity index (χ1) is 12.5. The van der Waals surface area contributed by atoms with Crippen LogP contribution in [0, 0.1) is 0 Å². The molecule has 26 heavy (non-hydrogen) atoms. The van der Waals surface area contributed by atoms with Gasteiger partial charge < -0.3 is 15.5 Å². The molecule has 2 aromatic carbocycles. The topological polar surface area (TPSA) is 78.5 Å². The Bertz CT molecular complexity index is 807. The molecule has 0 atom stereocenters. The number of carbonyl (C=O) groups excluding carboxylic acids is 3. The van der Waals surface area contributed by atoms with Gasteiger partial charge in [0.05, 0.1) is 0 Å². The monoisotopic (exact) mass is 351 g/mol. The van der Waals surface area contributed by atoms with E-state index in [0.717, 1.165) is 18.8 Å². The molecule has 6 nitrogen and oxygen atoms in total. The van der Waals surface area contributed by atoms with Crippen LogP contribution in [0.2, 0.25) is 0 Å². The molecule has 0 radical (unpaired) electrons. The first kappa shape index (κ1) is 17.7. The lowest BCUT2D eigenvalue weighted by Crippen LogP contribution is -2.29. The molecule has 0 bridgehead atoms. The standard InChI is InChI=1S/C20H21N3O3/c1-14(24)15-4-6-16(7-5-15)21-19(25)20(26)22-17-8-10-18(11-9-17)23-12-2-3-13-23/h4-11H,2-3,12-13H2,1H3,(H,21,25)(H,22,26). The van der Waals surface area contributed by atoms with Gasteiger partial charge in [0.25, 0.3) is 0 Å². The first-order valence-electron chi connectivity index (χ1n) is 8.61. The number of hydrogen-bond acceptors (Lipinski definition) is 4. The van der Waals surface area contributed by atoms with Crippen LogP contribution in [0.15, 0.2) is 48.5 Å². The number of nitrogens with zero attached hydrogens (tertiary/aromatic N) is 1. The van der Waals surface area contributed by atoms with Crippen LogP contribution < -0.4 is 15.5 Å². The number of Topliss-reactive ketones (excluding diaryl/α,β-unsaturated/α-hetero) is 1. The van der Waals surface area contributed by atoms with E-state index in [4.69, 9.17) is 0 Å². The van der Waals surface area contributed by atoms with Gasteiger partial charge >= 0.3 is 11.8 Å². The van der Waals surface area contributed by atoms with E-state index in [1.54, 1.807) is 36.4 Å². The molecule has 6 heteroatoms. The van der Waals surface area contributed by atoms with Crippen LogP contribution in [0.3, 0.4) is 0 Å². The summed E-state index contributed by atoms with van der Waals surface area (Å²) < 4.78 is 0. The van der Waals surface area contributed by atoms with Gasteiger partial charge in [-0.15, -0.1) is 0 Å². The molecule has 0 aliphatic carbocycles. The Morgan fingerprint density at radius 3 is 1.69 bits per heavy atom. The highest BCUT2D eigenvalue weighted by Crippen LogP contribution is 2.22. The van der Waals surface area contributed by atoms with Crippen LogP contribution in [0.25, 0.3) is 0 Å². The lowest BCUT2D eigenvalue weighted by Gasteiger charge is -2.17. The highest BCUT2D eigenvalue weighted by molar-refractivity contribution is 6.43. The van der Waals surface area contributed by atoms with Gasteiger partial charge in [0.15, 0.2) is 5.78 Å². The van der Waals surface area contributed by atoms with Crippen molar-refractivity contribution in [3.63, 3.8) is 0 Å². The first-order valence-corrected chi connectivity index (χ1v) is 8.61. The number of hydrogen-bond donors (Lipinski definition) is 2. The number of carbonyl (C=O) groups is 3. The Hall–Kier alpha value is -3.15. The largest absolute Gasteiger partial charge is 0.372 e. The average molecular weight is 351 g/mol. The van der Waals surface area contributed by atoms with Crippen molar-refractivity contribution in [1.29, 1.82) is 0 Å². The summed E-state index contributed by atoms with van der Waals surface area (Å²) in [5.74, 6) is -1.56. The number of benzene rings is 2. The Balaban J connectivity index is 1.56. The van der Waals surface area contributed by atoms with Crippen molar-refractivity contribution in [1.82, 2.24) is 0 Å². The van der Waals surface area contributed by atoms with E-state index in [1.807, 2.05) is 12.1 Å². The van der Waals surface area contributed by atoms with Crippen LogP contribution in [-0.4, -0.2) is 30.7 Å². The summed E-state index contributed by atoms with van der Waals surface area (Å²) in [6.07, 6.45) is 2.40. The van der Waals surface area contributed by atoms with E-state index in [2.05, 4.69) is 15.5 Å². The smallest absolute Gasteiger partial charge is 0.314 e. The summed E-state index contributed by atoms with van der Waals surface area (Å²) in [5, 5.41) is 5.10.